The van der Waals surface area contributed by atoms with Crippen LogP contribution in [-0.2, 0) is 11.3 Å². The maximum atomic E-state index is 11.9. The normalized spacial score (nSPS) is 11.9. The third-order valence-corrected chi connectivity index (χ3v) is 3.41. The second-order valence-corrected chi connectivity index (χ2v) is 5.45. The molecule has 1 aromatic heterocycles. The van der Waals surface area contributed by atoms with Gasteiger partial charge in [0.1, 0.15) is 12.7 Å². The van der Waals surface area contributed by atoms with Gasteiger partial charge < -0.3 is 10.2 Å². The highest BCUT2D eigenvalue weighted by molar-refractivity contribution is 5.76. The van der Waals surface area contributed by atoms with Gasteiger partial charge in [0.2, 0.25) is 5.91 Å². The monoisotopic (exact) mass is 301 g/mol. The summed E-state index contributed by atoms with van der Waals surface area (Å²) in [5.74, 6) is 0.0778. The Morgan fingerprint density at radius 2 is 2.14 bits per heavy atom. The molecule has 118 valence electrons. The zero-order chi connectivity index (χ0) is 15.8. The van der Waals surface area contributed by atoms with E-state index in [1.807, 2.05) is 32.2 Å². The number of nitrogens with zero attached hydrogens (tertiary/aromatic N) is 4. The molecule has 2 rings (SSSR count). The fourth-order valence-corrected chi connectivity index (χ4v) is 2.34. The molecule has 0 saturated heterocycles. The third-order valence-electron chi connectivity index (χ3n) is 3.41. The van der Waals surface area contributed by atoms with Crippen LogP contribution in [0.4, 0.5) is 5.69 Å². The molecule has 0 fully saturated rings. The fraction of sp³-hybridized carbons (Fsp3) is 0.438. The van der Waals surface area contributed by atoms with Crippen molar-refractivity contribution in [3.63, 3.8) is 0 Å². The molecular weight excluding hydrogens is 278 g/mol. The lowest BCUT2D eigenvalue weighted by Crippen LogP contribution is -2.40. The first-order valence-electron chi connectivity index (χ1n) is 7.53. The van der Waals surface area contributed by atoms with Gasteiger partial charge >= 0.3 is 0 Å². The first-order chi connectivity index (χ1) is 10.6. The molecule has 1 aromatic carbocycles. The molecule has 2 aromatic rings. The molecule has 0 aliphatic rings. The molecule has 0 spiro atoms. The van der Waals surface area contributed by atoms with Gasteiger partial charge in [-0.3, -0.25) is 9.48 Å². The van der Waals surface area contributed by atoms with Crippen molar-refractivity contribution in [1.29, 1.82) is 0 Å². The number of aromatic nitrogens is 3. The average Bonchev–Trinajstić information content (AvgIpc) is 3.01. The summed E-state index contributed by atoms with van der Waals surface area (Å²) in [6.07, 6.45) is 4.42. The summed E-state index contributed by atoms with van der Waals surface area (Å²) in [5.41, 5.74) is 1.15. The Kier molecular flexibility index (Phi) is 5.94. The van der Waals surface area contributed by atoms with Gasteiger partial charge in [0.05, 0.1) is 0 Å². The molecule has 6 nitrogen and oxygen atoms in total. The Morgan fingerprint density at radius 3 is 2.82 bits per heavy atom. The SMILES string of the molecule is CC(CN(C)c1ccccc1)NC(=O)CCCn1cncn1. The van der Waals surface area contributed by atoms with Crippen molar-refractivity contribution in [2.75, 3.05) is 18.5 Å². The molecule has 1 unspecified atom stereocenters. The van der Waals surface area contributed by atoms with Gasteiger partial charge in [0.25, 0.3) is 0 Å². The van der Waals surface area contributed by atoms with E-state index < -0.39 is 0 Å². The molecule has 1 heterocycles. The highest BCUT2D eigenvalue weighted by atomic mass is 16.1. The van der Waals surface area contributed by atoms with Gasteiger partial charge in [0.15, 0.2) is 0 Å². The van der Waals surface area contributed by atoms with E-state index in [4.69, 9.17) is 0 Å². The first kappa shape index (κ1) is 16.0. The smallest absolute Gasteiger partial charge is 0.220 e. The highest BCUT2D eigenvalue weighted by Crippen LogP contribution is 2.11. The second-order valence-electron chi connectivity index (χ2n) is 5.45. The maximum Gasteiger partial charge on any atom is 0.220 e. The van der Waals surface area contributed by atoms with E-state index in [0.717, 1.165) is 18.7 Å². The van der Waals surface area contributed by atoms with Crippen molar-refractivity contribution in [2.24, 2.45) is 0 Å². The lowest BCUT2D eigenvalue weighted by Gasteiger charge is -2.24. The van der Waals surface area contributed by atoms with Crippen LogP contribution in [-0.4, -0.2) is 40.3 Å². The Labute approximate surface area is 131 Å². The number of aryl methyl sites for hydroxylation is 1. The lowest BCUT2D eigenvalue weighted by atomic mass is 10.2. The quantitative estimate of drug-likeness (QED) is 0.806. The van der Waals surface area contributed by atoms with Crippen LogP contribution in [0.15, 0.2) is 43.0 Å². The number of likely N-dealkylation sites (N-methyl/N-ethyl adjacent to an activating group) is 1. The summed E-state index contributed by atoms with van der Waals surface area (Å²) in [6, 6.07) is 10.2. The summed E-state index contributed by atoms with van der Waals surface area (Å²) in [6.45, 7) is 3.51. The minimum absolute atomic E-state index is 0.0778. The predicted molar refractivity (Wildman–Crippen MR) is 86.6 cm³/mol. The van der Waals surface area contributed by atoms with E-state index >= 15 is 0 Å². The zero-order valence-electron chi connectivity index (χ0n) is 13.1. The van der Waals surface area contributed by atoms with E-state index in [1.165, 1.54) is 6.33 Å². The molecule has 0 aliphatic carbocycles. The number of rotatable bonds is 8. The van der Waals surface area contributed by atoms with Gasteiger partial charge in [-0.2, -0.15) is 5.10 Å². The van der Waals surface area contributed by atoms with Gasteiger partial charge in [0, 0.05) is 38.3 Å². The molecule has 1 amide bonds. The Bertz CT molecular complexity index is 555. The number of hydrogen-bond acceptors (Lipinski definition) is 4. The van der Waals surface area contributed by atoms with Crippen molar-refractivity contribution < 1.29 is 4.79 Å². The van der Waals surface area contributed by atoms with Crippen LogP contribution in [0.25, 0.3) is 0 Å². The molecule has 1 atom stereocenters. The van der Waals surface area contributed by atoms with Crippen LogP contribution >= 0.6 is 0 Å². The number of anilines is 1. The standard InChI is InChI=1S/C16H23N5O/c1-14(11-20(2)15-7-4-3-5-8-15)19-16(22)9-6-10-21-13-17-12-18-21/h3-5,7-8,12-14H,6,9-11H2,1-2H3,(H,19,22). The lowest BCUT2D eigenvalue weighted by molar-refractivity contribution is -0.121. The Balaban J connectivity index is 1.67. The first-order valence-corrected chi connectivity index (χ1v) is 7.53. The summed E-state index contributed by atoms with van der Waals surface area (Å²) >= 11 is 0. The van der Waals surface area contributed by atoms with Crippen LogP contribution < -0.4 is 10.2 Å². The van der Waals surface area contributed by atoms with Gasteiger partial charge in [-0.15, -0.1) is 0 Å². The summed E-state index contributed by atoms with van der Waals surface area (Å²) in [4.78, 5) is 17.9. The number of nitrogens with one attached hydrogen (secondary N) is 1. The van der Waals surface area contributed by atoms with Crippen molar-refractivity contribution in [1.82, 2.24) is 20.1 Å². The highest BCUT2D eigenvalue weighted by Gasteiger charge is 2.10. The van der Waals surface area contributed by atoms with Crippen molar-refractivity contribution >= 4 is 11.6 Å². The molecular formula is C16H23N5O. The van der Waals surface area contributed by atoms with Crippen molar-refractivity contribution in [3.8, 4) is 0 Å². The number of benzene rings is 1. The molecule has 0 saturated carbocycles. The number of hydrogen-bond donors (Lipinski definition) is 1. The molecule has 22 heavy (non-hydrogen) atoms. The van der Waals surface area contributed by atoms with E-state index in [9.17, 15) is 4.79 Å². The topological polar surface area (TPSA) is 63.1 Å². The minimum atomic E-state index is 0.0778. The van der Waals surface area contributed by atoms with Crippen LogP contribution in [0.2, 0.25) is 0 Å². The van der Waals surface area contributed by atoms with Crippen molar-refractivity contribution in [2.45, 2.75) is 32.4 Å². The number of carbonyl (C=O) groups excluding carboxylic acids is 1. The molecule has 6 heteroatoms. The van der Waals surface area contributed by atoms with E-state index in [-0.39, 0.29) is 11.9 Å². The number of carbonyl (C=O) groups is 1. The Morgan fingerprint density at radius 1 is 1.36 bits per heavy atom. The summed E-state index contributed by atoms with van der Waals surface area (Å²) in [7, 11) is 2.03. The average molecular weight is 301 g/mol. The molecule has 0 aliphatic heterocycles. The Hall–Kier alpha value is -2.37. The largest absolute Gasteiger partial charge is 0.373 e. The number of para-hydroxylation sites is 1. The van der Waals surface area contributed by atoms with Crippen molar-refractivity contribution in [3.05, 3.63) is 43.0 Å². The molecule has 0 bridgehead atoms. The van der Waals surface area contributed by atoms with E-state index in [0.29, 0.717) is 13.0 Å². The minimum Gasteiger partial charge on any atom is -0.373 e. The summed E-state index contributed by atoms with van der Waals surface area (Å²) < 4.78 is 1.74. The van der Waals surface area contributed by atoms with Crippen LogP contribution in [0.3, 0.4) is 0 Å². The molecule has 0 radical (unpaired) electrons. The van der Waals surface area contributed by atoms with Crippen LogP contribution in [0.5, 0.6) is 0 Å². The van der Waals surface area contributed by atoms with E-state index in [1.54, 1.807) is 11.0 Å². The van der Waals surface area contributed by atoms with E-state index in [2.05, 4.69) is 32.4 Å². The third kappa shape index (κ3) is 5.20. The zero-order valence-corrected chi connectivity index (χ0v) is 13.1. The van der Waals surface area contributed by atoms with Gasteiger partial charge in [-0.25, -0.2) is 4.98 Å². The van der Waals surface area contributed by atoms with Crippen LogP contribution in [0, 0.1) is 0 Å². The fourth-order valence-electron chi connectivity index (χ4n) is 2.34. The predicted octanol–water partition coefficient (Wildman–Crippen LogP) is 1.70. The summed E-state index contributed by atoms with van der Waals surface area (Å²) in [5, 5.41) is 7.05. The van der Waals surface area contributed by atoms with Gasteiger partial charge in [-0.05, 0) is 25.5 Å². The second kappa shape index (κ2) is 8.17. The number of amides is 1. The maximum absolute atomic E-state index is 11.9. The molecule has 1 N–H and O–H groups in total. The van der Waals surface area contributed by atoms with Crippen LogP contribution in [0.1, 0.15) is 19.8 Å². The van der Waals surface area contributed by atoms with Gasteiger partial charge in [-0.1, -0.05) is 18.2 Å².